The lowest BCUT2D eigenvalue weighted by atomic mass is 10.3. The number of nitrogens with zero attached hydrogens (tertiary/aromatic N) is 1. The molecule has 2 N–H and O–H groups in total. The Morgan fingerprint density at radius 1 is 1.44 bits per heavy atom. The van der Waals surface area contributed by atoms with E-state index in [1.54, 1.807) is 6.20 Å². The number of aromatic nitrogens is 1. The Labute approximate surface area is 106 Å². The van der Waals surface area contributed by atoms with Gasteiger partial charge in [-0.15, -0.1) is 0 Å². The first kappa shape index (κ1) is 13.3. The Bertz CT molecular complexity index is 303. The minimum Gasteiger partial charge on any atom is -0.363 e. The molecule has 0 aromatic carbocycles. The predicted octanol–water partition coefficient (Wildman–Crippen LogP) is 1.80. The van der Waals surface area contributed by atoms with E-state index in [-0.39, 0.29) is 0 Å². The van der Waals surface area contributed by atoms with E-state index in [2.05, 4.69) is 21.9 Å². The number of hydrogen-bond acceptors (Lipinski definition) is 3. The largest absolute Gasteiger partial charge is 0.363 e. The molecule has 0 radical (unpaired) electrons. The molecule has 88 valence electrons. The molecule has 0 spiro atoms. The highest BCUT2D eigenvalue weighted by molar-refractivity contribution is 7.98. The van der Waals surface area contributed by atoms with Crippen LogP contribution in [-0.2, 0) is 6.54 Å². The highest BCUT2D eigenvalue weighted by atomic mass is 32.2. The maximum Gasteiger partial charge on any atom is 0.166 e. The molecular formula is C11H17N3S2. The van der Waals surface area contributed by atoms with Crippen molar-refractivity contribution in [1.29, 1.82) is 0 Å². The van der Waals surface area contributed by atoms with E-state index in [0.29, 0.717) is 11.7 Å². The van der Waals surface area contributed by atoms with Gasteiger partial charge in [-0.05, 0) is 42.8 Å². The maximum absolute atomic E-state index is 5.15. The van der Waals surface area contributed by atoms with E-state index in [1.165, 1.54) is 0 Å². The quantitative estimate of drug-likeness (QED) is 0.599. The zero-order valence-electron chi connectivity index (χ0n) is 9.40. The van der Waals surface area contributed by atoms with Gasteiger partial charge in [0.1, 0.15) is 0 Å². The molecule has 0 fully saturated rings. The van der Waals surface area contributed by atoms with Gasteiger partial charge in [0, 0.05) is 12.7 Å². The Morgan fingerprint density at radius 3 is 3.00 bits per heavy atom. The number of thioether (sulfide) groups is 1. The van der Waals surface area contributed by atoms with E-state index in [9.17, 15) is 0 Å². The zero-order chi connectivity index (χ0) is 11.6. The molecule has 3 nitrogen and oxygen atoms in total. The topological polar surface area (TPSA) is 37.0 Å². The number of hydrogen-bond donors (Lipinski definition) is 2. The van der Waals surface area contributed by atoms with Crippen molar-refractivity contribution in [1.82, 2.24) is 15.6 Å². The van der Waals surface area contributed by atoms with Crippen molar-refractivity contribution >= 4 is 29.1 Å². The van der Waals surface area contributed by atoms with Gasteiger partial charge < -0.3 is 10.6 Å². The number of thiocarbonyl (C=S) groups is 1. The van der Waals surface area contributed by atoms with E-state index >= 15 is 0 Å². The molecule has 1 aromatic heterocycles. The third kappa shape index (κ3) is 5.92. The molecule has 0 aliphatic heterocycles. The van der Waals surface area contributed by atoms with Gasteiger partial charge in [-0.25, -0.2) is 0 Å². The van der Waals surface area contributed by atoms with Crippen molar-refractivity contribution in [3.63, 3.8) is 0 Å². The summed E-state index contributed by atoms with van der Waals surface area (Å²) in [5.41, 5.74) is 0.996. The van der Waals surface area contributed by atoms with Crippen LogP contribution in [-0.4, -0.2) is 28.6 Å². The van der Waals surface area contributed by atoms with E-state index in [1.807, 2.05) is 30.0 Å². The minimum atomic E-state index is 0.676. The fourth-order valence-electron chi connectivity index (χ4n) is 1.15. The molecule has 0 saturated carbocycles. The van der Waals surface area contributed by atoms with Gasteiger partial charge in [0.25, 0.3) is 0 Å². The molecule has 0 saturated heterocycles. The molecule has 0 unspecified atom stereocenters. The SMILES string of the molecule is CSCCCNC(=S)NCc1ccccn1. The van der Waals surface area contributed by atoms with Gasteiger partial charge in [-0.1, -0.05) is 6.07 Å². The van der Waals surface area contributed by atoms with Crippen LogP contribution in [0.25, 0.3) is 0 Å². The Hall–Kier alpha value is -0.810. The standard InChI is InChI=1S/C11H17N3S2/c1-16-8-4-7-13-11(15)14-9-10-5-2-3-6-12-10/h2-3,5-6H,4,7-9H2,1H3,(H2,13,14,15). The first-order valence-electron chi connectivity index (χ1n) is 5.23. The maximum atomic E-state index is 5.15. The summed E-state index contributed by atoms with van der Waals surface area (Å²) in [6.07, 6.45) is 5.02. The summed E-state index contributed by atoms with van der Waals surface area (Å²) < 4.78 is 0. The van der Waals surface area contributed by atoms with Crippen molar-refractivity contribution < 1.29 is 0 Å². The lowest BCUT2D eigenvalue weighted by molar-refractivity contribution is 0.794. The van der Waals surface area contributed by atoms with Crippen LogP contribution in [0.3, 0.4) is 0 Å². The van der Waals surface area contributed by atoms with Crippen LogP contribution in [0.1, 0.15) is 12.1 Å². The second-order valence-electron chi connectivity index (χ2n) is 3.28. The number of pyridine rings is 1. The lowest BCUT2D eigenvalue weighted by Crippen LogP contribution is -2.35. The monoisotopic (exact) mass is 255 g/mol. The first-order chi connectivity index (χ1) is 7.83. The van der Waals surface area contributed by atoms with Crippen LogP contribution in [0.5, 0.6) is 0 Å². The molecule has 16 heavy (non-hydrogen) atoms. The molecule has 0 atom stereocenters. The normalized spacial score (nSPS) is 9.81. The smallest absolute Gasteiger partial charge is 0.166 e. The van der Waals surface area contributed by atoms with Gasteiger partial charge in [-0.2, -0.15) is 11.8 Å². The summed E-state index contributed by atoms with van der Waals surface area (Å²) in [6, 6.07) is 5.85. The summed E-state index contributed by atoms with van der Waals surface area (Å²) in [5, 5.41) is 6.99. The number of rotatable bonds is 6. The van der Waals surface area contributed by atoms with Crippen LogP contribution in [0.15, 0.2) is 24.4 Å². The Morgan fingerprint density at radius 2 is 2.31 bits per heavy atom. The first-order valence-corrected chi connectivity index (χ1v) is 7.03. The third-order valence-corrected chi connectivity index (χ3v) is 2.95. The van der Waals surface area contributed by atoms with Crippen LogP contribution < -0.4 is 10.6 Å². The van der Waals surface area contributed by atoms with Gasteiger partial charge in [0.05, 0.1) is 12.2 Å². The van der Waals surface area contributed by atoms with E-state index < -0.39 is 0 Å². The molecule has 0 aliphatic carbocycles. The Kier molecular flexibility index (Phi) is 6.92. The lowest BCUT2D eigenvalue weighted by Gasteiger charge is -2.09. The van der Waals surface area contributed by atoms with Crippen LogP contribution in [0.4, 0.5) is 0 Å². The molecule has 5 heteroatoms. The van der Waals surface area contributed by atoms with Gasteiger partial charge in [0.2, 0.25) is 0 Å². The van der Waals surface area contributed by atoms with Crippen molar-refractivity contribution in [2.75, 3.05) is 18.6 Å². The fraction of sp³-hybridized carbons (Fsp3) is 0.455. The molecule has 0 aliphatic rings. The summed E-state index contributed by atoms with van der Waals surface area (Å²) in [4.78, 5) is 4.21. The third-order valence-electron chi connectivity index (χ3n) is 1.97. The van der Waals surface area contributed by atoms with Crippen molar-refractivity contribution in [3.05, 3.63) is 30.1 Å². The Balaban J connectivity index is 2.11. The minimum absolute atomic E-state index is 0.676. The van der Waals surface area contributed by atoms with Crippen molar-refractivity contribution in [3.8, 4) is 0 Å². The molecule has 0 amide bonds. The second-order valence-corrected chi connectivity index (χ2v) is 4.67. The summed E-state index contributed by atoms with van der Waals surface area (Å²) in [7, 11) is 0. The highest BCUT2D eigenvalue weighted by Gasteiger charge is 1.96. The molecular weight excluding hydrogens is 238 g/mol. The fourth-order valence-corrected chi connectivity index (χ4v) is 1.76. The van der Waals surface area contributed by atoms with E-state index in [0.717, 1.165) is 24.4 Å². The van der Waals surface area contributed by atoms with Gasteiger partial charge in [0.15, 0.2) is 5.11 Å². The summed E-state index contributed by atoms with van der Waals surface area (Å²) >= 11 is 7.00. The highest BCUT2D eigenvalue weighted by Crippen LogP contribution is 1.94. The van der Waals surface area contributed by atoms with Crippen molar-refractivity contribution in [2.45, 2.75) is 13.0 Å². The van der Waals surface area contributed by atoms with Gasteiger partial charge >= 0.3 is 0 Å². The predicted molar refractivity (Wildman–Crippen MR) is 74.7 cm³/mol. The molecule has 1 aromatic rings. The second kappa shape index (κ2) is 8.35. The van der Waals surface area contributed by atoms with E-state index in [4.69, 9.17) is 12.2 Å². The summed E-state index contributed by atoms with van der Waals surface area (Å²) in [6.45, 7) is 1.60. The van der Waals surface area contributed by atoms with Crippen LogP contribution >= 0.6 is 24.0 Å². The van der Waals surface area contributed by atoms with Crippen LogP contribution in [0, 0.1) is 0 Å². The van der Waals surface area contributed by atoms with Crippen LogP contribution in [0.2, 0.25) is 0 Å². The van der Waals surface area contributed by atoms with Gasteiger partial charge in [-0.3, -0.25) is 4.98 Å². The molecule has 0 bridgehead atoms. The number of nitrogens with one attached hydrogen (secondary N) is 2. The molecule has 1 rings (SSSR count). The average molecular weight is 255 g/mol. The van der Waals surface area contributed by atoms with Crippen molar-refractivity contribution in [2.24, 2.45) is 0 Å². The molecule has 1 heterocycles. The summed E-state index contributed by atoms with van der Waals surface area (Å²) in [5.74, 6) is 1.16. The zero-order valence-corrected chi connectivity index (χ0v) is 11.0. The average Bonchev–Trinajstić information content (AvgIpc) is 2.33.